The standard InChI is InChI=1S/4C7H10O7P2.3Sn/c4*8-7(15(9,10)11)16(12,13)14-6-4-2-1-3-5-6;;;/h4*1-5,7-8H,(H,12,13)(H2,9,10,11);;;/q;;;;3*+4/p-12. The summed E-state index contributed by atoms with van der Waals surface area (Å²) in [7, 11) is -43.5. The number of aliphatic hydroxyl groups is 4. The Hall–Kier alpha value is -0.324. The fourth-order valence-corrected chi connectivity index (χ4v) is 11.5. The van der Waals surface area contributed by atoms with Crippen LogP contribution in [-0.2, 0) is 36.5 Å². The van der Waals surface area contributed by atoms with Crippen molar-refractivity contribution in [2.45, 2.75) is 22.3 Å². The molecule has 0 radical (unpaired) electrons. The minimum absolute atomic E-state index is 0. The summed E-state index contributed by atoms with van der Waals surface area (Å²) in [4.78, 5) is 127. The predicted molar refractivity (Wildman–Crippen MR) is 210 cm³/mol. The molecule has 8 unspecified atom stereocenters. The van der Waals surface area contributed by atoms with Gasteiger partial charge in [-0.25, -0.2) is 0 Å². The normalized spacial score (nSPS) is 16.7. The maximum Gasteiger partial charge on any atom is 4.00 e. The topological polar surface area (TPSA) is 531 Å². The number of hydrogen-bond acceptors (Lipinski definition) is 28. The average molecular weight is 1420 g/mol. The van der Waals surface area contributed by atoms with E-state index in [0.717, 1.165) is 0 Å². The summed E-state index contributed by atoms with van der Waals surface area (Å²) in [5.41, 5.74) is -12.3. The van der Waals surface area contributed by atoms with Crippen LogP contribution in [0.4, 0.5) is 0 Å². The van der Waals surface area contributed by atoms with E-state index in [-0.39, 0.29) is 94.7 Å². The van der Waals surface area contributed by atoms with Crippen molar-refractivity contribution in [2.24, 2.45) is 0 Å². The SMILES string of the molecule is O=P([O-])([O-])C(O)P(=O)([O-])Oc1ccccc1.O=P([O-])([O-])C(O)P(=O)([O-])Oc1ccccc1.O=P([O-])([O-])C(O)P(=O)([O-])Oc1ccccc1.O=P([O-])([O-])C(O)P(=O)([O-])Oc1ccccc1.[Sn+4].[Sn+4].[Sn+4]. The summed E-state index contributed by atoms with van der Waals surface area (Å²) in [6, 6.07) is 27.7. The Morgan fingerprint density at radius 1 is 0.284 bits per heavy atom. The van der Waals surface area contributed by atoms with E-state index in [9.17, 15) is 95.2 Å². The first-order chi connectivity index (χ1) is 28.9. The van der Waals surface area contributed by atoms with Crippen molar-refractivity contribution in [3.8, 4) is 23.0 Å². The van der Waals surface area contributed by atoms with E-state index in [4.69, 9.17) is 20.4 Å². The van der Waals surface area contributed by atoms with Crippen LogP contribution in [0.15, 0.2) is 121 Å². The number of hydrogen-bond donors (Lipinski definition) is 4. The number of rotatable bonds is 16. The maximum atomic E-state index is 11.1. The molecule has 0 fully saturated rings. The second kappa shape index (κ2) is 30.0. The second-order valence-corrected chi connectivity index (χ2v) is 26.2. The minimum atomic E-state index is -5.66. The van der Waals surface area contributed by atoms with Crippen LogP contribution in [-0.4, -0.2) is 114 Å². The van der Waals surface area contributed by atoms with E-state index < -0.39 is 83.1 Å². The molecule has 0 amide bonds. The van der Waals surface area contributed by atoms with Crippen LogP contribution in [0.1, 0.15) is 0 Å². The van der Waals surface area contributed by atoms with Crippen molar-refractivity contribution in [1.82, 2.24) is 0 Å². The molecule has 0 saturated heterocycles. The van der Waals surface area contributed by atoms with E-state index in [2.05, 4.69) is 18.1 Å². The molecule has 4 aromatic rings. The number of aliphatic hydroxyl groups excluding tert-OH is 4. The van der Waals surface area contributed by atoms with Crippen LogP contribution in [0.2, 0.25) is 0 Å². The summed E-state index contributed by atoms with van der Waals surface area (Å²) in [5.74, 6) is -0.747. The molecule has 67 heavy (non-hydrogen) atoms. The fraction of sp³-hybridized carbons (Fsp3) is 0.143. The van der Waals surface area contributed by atoms with Gasteiger partial charge in [-0.15, -0.1) is 0 Å². The van der Waals surface area contributed by atoms with Gasteiger partial charge in [-0.2, -0.15) is 0 Å². The van der Waals surface area contributed by atoms with Crippen LogP contribution in [0.5, 0.6) is 23.0 Å². The van der Waals surface area contributed by atoms with Gasteiger partial charge in [-0.1, -0.05) is 72.8 Å². The Morgan fingerprint density at radius 2 is 0.403 bits per heavy atom. The summed E-state index contributed by atoms with van der Waals surface area (Å²) in [6.07, 6.45) is 0. The molecular formula is C28H28O28P8Sn3. The summed E-state index contributed by atoms with van der Waals surface area (Å²) in [6.45, 7) is 0. The van der Waals surface area contributed by atoms with Crippen molar-refractivity contribution >= 4 is 132 Å². The molecule has 8 atom stereocenters. The van der Waals surface area contributed by atoms with Crippen LogP contribution >= 0.6 is 60.8 Å². The smallest absolute Gasteiger partial charge is 0.809 e. The second-order valence-electron chi connectivity index (χ2n) is 11.3. The largest absolute Gasteiger partial charge is 4.00 e. The Labute approximate surface area is 429 Å². The van der Waals surface area contributed by atoms with Crippen molar-refractivity contribution in [1.29, 1.82) is 0 Å². The minimum Gasteiger partial charge on any atom is -0.809 e. The molecule has 360 valence electrons. The molecular weight excluding hydrogens is 1390 g/mol. The summed E-state index contributed by atoms with van der Waals surface area (Å²) in [5, 5.41) is 35.1. The van der Waals surface area contributed by atoms with Gasteiger partial charge in [0.25, 0.3) is 0 Å². The Bertz CT molecular complexity index is 2120. The molecule has 4 aromatic carbocycles. The van der Waals surface area contributed by atoms with E-state index in [1.54, 1.807) is 24.3 Å². The van der Waals surface area contributed by atoms with Crippen molar-refractivity contribution < 1.29 is 134 Å². The van der Waals surface area contributed by atoms with Gasteiger partial charge in [-0.05, 0) is 78.9 Å². The van der Waals surface area contributed by atoms with Crippen LogP contribution < -0.4 is 76.8 Å². The molecule has 0 spiro atoms. The van der Waals surface area contributed by atoms with Gasteiger partial charge >= 0.3 is 71.7 Å². The maximum absolute atomic E-state index is 11.1. The summed E-state index contributed by atoms with van der Waals surface area (Å²) >= 11 is 0. The first-order valence-corrected chi connectivity index (χ1v) is 28.8. The molecule has 0 aromatic heterocycles. The quantitative estimate of drug-likeness (QED) is 0.0599. The first kappa shape index (κ1) is 70.9. The molecule has 0 aliphatic carbocycles. The number of para-hydroxylation sites is 4. The third-order valence-corrected chi connectivity index (χ3v) is 19.3. The van der Waals surface area contributed by atoms with Gasteiger partial charge in [0.05, 0.1) is 0 Å². The Balaban J connectivity index is -0.000000803. The predicted octanol–water partition coefficient (Wildman–Crippen LogP) is -5.91. The summed E-state index contributed by atoms with van der Waals surface area (Å²) < 4.78 is 103. The van der Waals surface area contributed by atoms with Gasteiger partial charge < -0.3 is 116 Å². The molecule has 4 rings (SSSR count). The van der Waals surface area contributed by atoms with Gasteiger partial charge in [0.15, 0.2) is 22.3 Å². The van der Waals surface area contributed by atoms with Gasteiger partial charge in [0.2, 0.25) is 30.4 Å². The van der Waals surface area contributed by atoms with E-state index >= 15 is 0 Å². The van der Waals surface area contributed by atoms with Crippen LogP contribution in [0, 0.1) is 0 Å². The zero-order chi connectivity index (χ0) is 49.6. The van der Waals surface area contributed by atoms with E-state index in [0.29, 0.717) is 0 Å². The van der Waals surface area contributed by atoms with Gasteiger partial charge in [0.1, 0.15) is 23.0 Å². The molecule has 0 aliphatic heterocycles. The third-order valence-electron chi connectivity index (χ3n) is 6.17. The van der Waals surface area contributed by atoms with Gasteiger partial charge in [0, 0.05) is 0 Å². The van der Waals surface area contributed by atoms with Crippen molar-refractivity contribution in [2.75, 3.05) is 0 Å². The van der Waals surface area contributed by atoms with Crippen molar-refractivity contribution in [3.05, 3.63) is 121 Å². The molecule has 0 heterocycles. The first-order valence-electron chi connectivity index (χ1n) is 15.9. The zero-order valence-corrected chi connectivity index (χ0v) is 48.2. The molecule has 0 bridgehead atoms. The Morgan fingerprint density at radius 3 is 0.507 bits per heavy atom. The number of benzene rings is 4. The average Bonchev–Trinajstić information content (AvgIpc) is 3.17. The van der Waals surface area contributed by atoms with Crippen molar-refractivity contribution in [3.63, 3.8) is 0 Å². The van der Waals surface area contributed by atoms with Crippen LogP contribution in [0.25, 0.3) is 0 Å². The fourth-order valence-electron chi connectivity index (χ4n) is 3.39. The van der Waals surface area contributed by atoms with Crippen LogP contribution in [0.3, 0.4) is 0 Å². The molecule has 0 aliphatic rings. The molecule has 28 nitrogen and oxygen atoms in total. The zero-order valence-electron chi connectivity index (χ0n) is 32.5. The van der Waals surface area contributed by atoms with Gasteiger partial charge in [-0.3, -0.25) is 18.3 Å². The van der Waals surface area contributed by atoms with E-state index in [1.807, 2.05) is 0 Å². The van der Waals surface area contributed by atoms with E-state index in [1.165, 1.54) is 97.1 Å². The molecule has 39 heteroatoms. The molecule has 4 N–H and O–H groups in total. The molecule has 0 saturated carbocycles. The Kier molecular flexibility index (Phi) is 31.8. The third kappa shape index (κ3) is 26.8. The monoisotopic (exact) mass is 1420 g/mol.